The Hall–Kier alpha value is -3.66. The fraction of sp³-hybridized carbons (Fsp3) is 0.320. The highest BCUT2D eigenvalue weighted by molar-refractivity contribution is 6.00. The van der Waals surface area contributed by atoms with E-state index in [9.17, 15) is 18.0 Å². The molecule has 1 aliphatic rings. The largest absolute Gasteiger partial charge is 0.421 e. The Morgan fingerprint density at radius 3 is 2.51 bits per heavy atom. The molecular formula is C25H27F3N6O. The van der Waals surface area contributed by atoms with Gasteiger partial charge in [-0.05, 0) is 54.8 Å². The first-order valence-electron chi connectivity index (χ1n) is 11.4. The molecule has 10 heteroatoms. The van der Waals surface area contributed by atoms with Gasteiger partial charge in [0, 0.05) is 32.0 Å². The van der Waals surface area contributed by atoms with Gasteiger partial charge in [0.1, 0.15) is 11.4 Å². The molecule has 3 N–H and O–H groups in total. The van der Waals surface area contributed by atoms with Crippen molar-refractivity contribution in [2.24, 2.45) is 0 Å². The van der Waals surface area contributed by atoms with Crippen molar-refractivity contribution in [3.63, 3.8) is 0 Å². The highest BCUT2D eigenvalue weighted by Crippen LogP contribution is 2.36. The van der Waals surface area contributed by atoms with Gasteiger partial charge < -0.3 is 20.9 Å². The van der Waals surface area contributed by atoms with E-state index in [1.54, 1.807) is 12.1 Å². The number of amides is 1. The van der Waals surface area contributed by atoms with Gasteiger partial charge in [-0.2, -0.15) is 18.2 Å². The van der Waals surface area contributed by atoms with Gasteiger partial charge in [0.25, 0.3) is 5.91 Å². The number of halogens is 3. The van der Waals surface area contributed by atoms with Gasteiger partial charge in [-0.25, -0.2) is 4.98 Å². The molecule has 0 spiro atoms. The number of carbonyl (C=O) groups is 1. The number of para-hydroxylation sites is 1. The van der Waals surface area contributed by atoms with Crippen molar-refractivity contribution in [1.82, 2.24) is 20.2 Å². The standard InChI is InChI=1S/C25H27F3N6O/c1-3-34-12-10-16-8-9-18(14-17(16)11-13-34)31-24-30-15-20(25(26,27)28)22(33-24)32-21-7-5-4-6-19(21)23(35)29-2/h4-9,14-15H,3,10-13H2,1-2H3,(H,29,35)(H2,30,31,32,33). The molecule has 2 heterocycles. The minimum Gasteiger partial charge on any atom is -0.355 e. The van der Waals surface area contributed by atoms with Crippen LogP contribution in [0.15, 0.2) is 48.7 Å². The third-order valence-electron chi connectivity index (χ3n) is 6.05. The van der Waals surface area contributed by atoms with E-state index in [-0.39, 0.29) is 17.2 Å². The molecule has 0 saturated carbocycles. The Morgan fingerprint density at radius 2 is 1.80 bits per heavy atom. The Morgan fingerprint density at radius 1 is 1.06 bits per heavy atom. The summed E-state index contributed by atoms with van der Waals surface area (Å²) < 4.78 is 41.1. The fourth-order valence-electron chi connectivity index (χ4n) is 4.09. The lowest BCUT2D eigenvalue weighted by Crippen LogP contribution is -2.25. The molecule has 0 unspecified atom stereocenters. The summed E-state index contributed by atoms with van der Waals surface area (Å²) in [5.41, 5.74) is 2.54. The van der Waals surface area contributed by atoms with Gasteiger partial charge in [0.2, 0.25) is 5.95 Å². The van der Waals surface area contributed by atoms with Crippen LogP contribution in [0.4, 0.5) is 36.3 Å². The molecule has 0 atom stereocenters. The normalized spacial score (nSPS) is 14.1. The first-order chi connectivity index (χ1) is 16.8. The quantitative estimate of drug-likeness (QED) is 0.468. The van der Waals surface area contributed by atoms with Gasteiger partial charge in [-0.3, -0.25) is 4.79 Å². The highest BCUT2D eigenvalue weighted by atomic mass is 19.4. The first kappa shape index (κ1) is 24.5. The van der Waals surface area contributed by atoms with E-state index >= 15 is 0 Å². The van der Waals surface area contributed by atoms with E-state index in [1.807, 2.05) is 18.2 Å². The zero-order valence-corrected chi connectivity index (χ0v) is 19.5. The number of fused-ring (bicyclic) bond motifs is 1. The number of benzene rings is 2. The maximum absolute atomic E-state index is 13.7. The summed E-state index contributed by atoms with van der Waals surface area (Å²) >= 11 is 0. The number of hydrogen-bond acceptors (Lipinski definition) is 6. The summed E-state index contributed by atoms with van der Waals surface area (Å²) in [6.07, 6.45) is -2.09. The van der Waals surface area contributed by atoms with E-state index < -0.39 is 23.5 Å². The van der Waals surface area contributed by atoms with Crippen LogP contribution in [0.25, 0.3) is 0 Å². The molecule has 0 radical (unpaired) electrons. The molecule has 184 valence electrons. The van der Waals surface area contributed by atoms with Crippen LogP contribution >= 0.6 is 0 Å². The average Bonchev–Trinajstić information content (AvgIpc) is 3.05. The van der Waals surface area contributed by atoms with Gasteiger partial charge in [-0.15, -0.1) is 0 Å². The number of nitrogens with one attached hydrogen (secondary N) is 3. The molecule has 1 amide bonds. The lowest BCUT2D eigenvalue weighted by Gasteiger charge is -2.17. The topological polar surface area (TPSA) is 82.2 Å². The summed E-state index contributed by atoms with van der Waals surface area (Å²) in [5.74, 6) is -0.859. The number of likely N-dealkylation sites (N-methyl/N-ethyl adjacent to an activating group) is 1. The molecule has 0 aliphatic carbocycles. The monoisotopic (exact) mass is 484 g/mol. The molecule has 0 fully saturated rings. The number of anilines is 4. The molecule has 35 heavy (non-hydrogen) atoms. The van der Waals surface area contributed by atoms with Crippen LogP contribution in [0, 0.1) is 0 Å². The Labute approximate surface area is 201 Å². The SMILES string of the molecule is CCN1CCc2ccc(Nc3ncc(C(F)(F)F)c(Nc4ccccc4C(=O)NC)n3)cc2CC1. The second-order valence-electron chi connectivity index (χ2n) is 8.25. The second-order valence-corrected chi connectivity index (χ2v) is 8.25. The van der Waals surface area contributed by atoms with Gasteiger partial charge in [0.05, 0.1) is 11.3 Å². The van der Waals surface area contributed by atoms with E-state index in [1.165, 1.54) is 30.3 Å². The van der Waals surface area contributed by atoms with Crippen LogP contribution in [0.5, 0.6) is 0 Å². The Kier molecular flexibility index (Phi) is 7.20. The van der Waals surface area contributed by atoms with Gasteiger partial charge in [0.15, 0.2) is 0 Å². The van der Waals surface area contributed by atoms with Gasteiger partial charge in [-0.1, -0.05) is 25.1 Å². The minimum absolute atomic E-state index is 0.0154. The van der Waals surface area contributed by atoms with Crippen molar-refractivity contribution < 1.29 is 18.0 Å². The molecule has 0 bridgehead atoms. The first-order valence-corrected chi connectivity index (χ1v) is 11.4. The number of rotatable bonds is 6. The Bertz CT molecular complexity index is 1210. The molecule has 0 saturated heterocycles. The van der Waals surface area contributed by atoms with E-state index in [2.05, 4.69) is 37.7 Å². The van der Waals surface area contributed by atoms with Crippen molar-refractivity contribution in [2.45, 2.75) is 25.9 Å². The van der Waals surface area contributed by atoms with E-state index in [0.29, 0.717) is 5.69 Å². The Balaban J connectivity index is 1.64. The van der Waals surface area contributed by atoms with Crippen molar-refractivity contribution in [3.8, 4) is 0 Å². The van der Waals surface area contributed by atoms with Crippen molar-refractivity contribution >= 4 is 29.0 Å². The molecule has 1 aromatic heterocycles. The molecule has 1 aliphatic heterocycles. The zero-order chi connectivity index (χ0) is 25.0. The molecule has 3 aromatic rings. The van der Waals surface area contributed by atoms with Gasteiger partial charge >= 0.3 is 6.18 Å². The summed E-state index contributed by atoms with van der Waals surface area (Å²) in [5, 5.41) is 8.19. The number of carbonyl (C=O) groups excluding carboxylic acids is 1. The third-order valence-corrected chi connectivity index (χ3v) is 6.05. The van der Waals surface area contributed by atoms with Crippen molar-refractivity contribution in [1.29, 1.82) is 0 Å². The molecule has 2 aromatic carbocycles. The molecule has 7 nitrogen and oxygen atoms in total. The zero-order valence-electron chi connectivity index (χ0n) is 19.5. The van der Waals surface area contributed by atoms with Crippen LogP contribution in [0.3, 0.4) is 0 Å². The smallest absolute Gasteiger partial charge is 0.355 e. The average molecular weight is 485 g/mol. The van der Waals surface area contributed by atoms with Crippen LogP contribution in [-0.2, 0) is 19.0 Å². The minimum atomic E-state index is -4.68. The third kappa shape index (κ3) is 5.71. The lowest BCUT2D eigenvalue weighted by atomic mass is 10.0. The van der Waals surface area contributed by atoms with Crippen molar-refractivity contribution in [2.75, 3.05) is 37.3 Å². The number of alkyl halides is 3. The highest BCUT2D eigenvalue weighted by Gasteiger charge is 2.35. The van der Waals surface area contributed by atoms with Crippen molar-refractivity contribution in [3.05, 3.63) is 70.9 Å². The lowest BCUT2D eigenvalue weighted by molar-refractivity contribution is -0.137. The fourth-order valence-corrected chi connectivity index (χ4v) is 4.09. The van der Waals surface area contributed by atoms with E-state index in [4.69, 9.17) is 0 Å². The predicted octanol–water partition coefficient (Wildman–Crippen LogP) is 4.76. The van der Waals surface area contributed by atoms with Crippen LogP contribution in [-0.4, -0.2) is 47.5 Å². The summed E-state index contributed by atoms with van der Waals surface area (Å²) in [6.45, 7) is 5.11. The van der Waals surface area contributed by atoms with E-state index in [0.717, 1.165) is 38.7 Å². The number of hydrogen-bond donors (Lipinski definition) is 3. The number of aromatic nitrogens is 2. The molecule has 4 rings (SSSR count). The summed E-state index contributed by atoms with van der Waals surface area (Å²) in [4.78, 5) is 22.6. The molecular weight excluding hydrogens is 457 g/mol. The number of nitrogens with zero attached hydrogens (tertiary/aromatic N) is 3. The maximum Gasteiger partial charge on any atom is 0.421 e. The second kappa shape index (κ2) is 10.3. The van der Waals surface area contributed by atoms with Crippen LogP contribution in [0.2, 0.25) is 0 Å². The van der Waals surface area contributed by atoms with Crippen LogP contribution in [0.1, 0.15) is 34.0 Å². The maximum atomic E-state index is 13.7. The summed E-state index contributed by atoms with van der Waals surface area (Å²) in [7, 11) is 1.45. The van der Waals surface area contributed by atoms with Crippen LogP contribution < -0.4 is 16.0 Å². The summed E-state index contributed by atoms with van der Waals surface area (Å²) in [6, 6.07) is 12.2. The predicted molar refractivity (Wildman–Crippen MR) is 129 cm³/mol.